The summed E-state index contributed by atoms with van der Waals surface area (Å²) in [6.07, 6.45) is 6.23. The van der Waals surface area contributed by atoms with Crippen LogP contribution in [0.5, 0.6) is 0 Å². The summed E-state index contributed by atoms with van der Waals surface area (Å²) in [5.41, 5.74) is 3.66. The van der Waals surface area contributed by atoms with Gasteiger partial charge in [-0.2, -0.15) is 0 Å². The van der Waals surface area contributed by atoms with Gasteiger partial charge in [0.25, 0.3) is 0 Å². The van der Waals surface area contributed by atoms with E-state index in [0.717, 1.165) is 31.2 Å². The van der Waals surface area contributed by atoms with Crippen LogP contribution in [0.25, 0.3) is 5.57 Å². The molecule has 0 aromatic heterocycles. The van der Waals surface area contributed by atoms with Crippen molar-refractivity contribution in [3.05, 3.63) is 48.1 Å². The Labute approximate surface area is 84.5 Å². The van der Waals surface area contributed by atoms with Crippen molar-refractivity contribution in [1.29, 1.82) is 0 Å². The van der Waals surface area contributed by atoms with Crippen LogP contribution in [-0.4, -0.2) is 0 Å². The van der Waals surface area contributed by atoms with Crippen LogP contribution < -0.4 is 0 Å². The molecule has 1 heteroatoms. The molecule has 0 saturated carbocycles. The van der Waals surface area contributed by atoms with Gasteiger partial charge in [-0.15, -0.1) is 0 Å². The lowest BCUT2D eigenvalue weighted by molar-refractivity contribution is 0.627. The summed E-state index contributed by atoms with van der Waals surface area (Å²) in [6.45, 7) is 3.82. The van der Waals surface area contributed by atoms with E-state index in [-0.39, 0.29) is 5.82 Å². The molecule has 1 aromatic rings. The molecule has 0 N–H and O–H groups in total. The van der Waals surface area contributed by atoms with E-state index in [0.29, 0.717) is 0 Å². The first-order valence-corrected chi connectivity index (χ1v) is 5.08. The first-order valence-electron chi connectivity index (χ1n) is 5.08. The maximum Gasteiger partial charge on any atom is 0.123 e. The second-order valence-electron chi connectivity index (χ2n) is 3.69. The van der Waals surface area contributed by atoms with Gasteiger partial charge in [-0.05, 0) is 48.1 Å². The Kier molecular flexibility index (Phi) is 2.67. The molecule has 0 spiro atoms. The lowest BCUT2D eigenvalue weighted by atomic mass is 10.0. The molecule has 1 aliphatic rings. The van der Waals surface area contributed by atoms with Gasteiger partial charge in [-0.25, -0.2) is 4.39 Å². The molecule has 73 valence electrons. The zero-order valence-corrected chi connectivity index (χ0v) is 8.22. The molecule has 0 amide bonds. The molecule has 0 bridgehead atoms. The van der Waals surface area contributed by atoms with Crippen molar-refractivity contribution in [3.8, 4) is 0 Å². The van der Waals surface area contributed by atoms with Crippen molar-refractivity contribution in [3.63, 3.8) is 0 Å². The molecular weight excluding hydrogens is 175 g/mol. The summed E-state index contributed by atoms with van der Waals surface area (Å²) in [6, 6.07) is 5.08. The Hall–Kier alpha value is -1.11. The zero-order chi connectivity index (χ0) is 9.97. The molecule has 2 rings (SSSR count). The van der Waals surface area contributed by atoms with E-state index in [1.54, 1.807) is 6.07 Å². The third-order valence-electron chi connectivity index (χ3n) is 2.68. The van der Waals surface area contributed by atoms with Crippen LogP contribution in [0.2, 0.25) is 0 Å². The quantitative estimate of drug-likeness (QED) is 0.679. The van der Waals surface area contributed by atoms with Crippen molar-refractivity contribution in [1.82, 2.24) is 0 Å². The second-order valence-corrected chi connectivity index (χ2v) is 3.69. The molecule has 0 aliphatic heterocycles. The van der Waals surface area contributed by atoms with Crippen LogP contribution in [0.4, 0.5) is 4.39 Å². The molecule has 0 unspecified atom stereocenters. The summed E-state index contributed by atoms with van der Waals surface area (Å²) in [5.74, 6) is -0.133. The Balaban J connectivity index is 2.22. The number of benzene rings is 1. The first kappa shape index (κ1) is 9.45. The predicted octanol–water partition coefficient (Wildman–Crippen LogP) is 3.77. The van der Waals surface area contributed by atoms with Gasteiger partial charge in [-0.3, -0.25) is 0 Å². The molecule has 0 nitrogen and oxygen atoms in total. The second kappa shape index (κ2) is 3.95. The molecule has 0 heterocycles. The normalized spacial score (nSPS) is 14.0. The topological polar surface area (TPSA) is 0 Å². The molecule has 1 radical (unpaired) electrons. The van der Waals surface area contributed by atoms with E-state index in [1.807, 2.05) is 6.07 Å². The van der Waals surface area contributed by atoms with Crippen LogP contribution in [0.3, 0.4) is 0 Å². The van der Waals surface area contributed by atoms with Crippen molar-refractivity contribution in [2.24, 2.45) is 0 Å². The van der Waals surface area contributed by atoms with Crippen LogP contribution in [0.15, 0.2) is 24.3 Å². The van der Waals surface area contributed by atoms with Gasteiger partial charge in [0, 0.05) is 0 Å². The van der Waals surface area contributed by atoms with E-state index >= 15 is 0 Å². The van der Waals surface area contributed by atoms with Gasteiger partial charge >= 0.3 is 0 Å². The molecule has 0 atom stereocenters. The molecular formula is C13H14F. The van der Waals surface area contributed by atoms with Crippen LogP contribution in [0.1, 0.15) is 30.4 Å². The van der Waals surface area contributed by atoms with Crippen molar-refractivity contribution in [2.75, 3.05) is 0 Å². The maximum absolute atomic E-state index is 13.0. The minimum atomic E-state index is -0.133. The monoisotopic (exact) mass is 189 g/mol. The number of rotatable bonds is 3. The van der Waals surface area contributed by atoms with E-state index in [1.165, 1.54) is 17.2 Å². The number of halogens is 1. The lowest BCUT2D eigenvalue weighted by Crippen LogP contribution is -1.87. The van der Waals surface area contributed by atoms with Gasteiger partial charge in [-0.1, -0.05) is 25.5 Å². The molecule has 0 saturated heterocycles. The number of hydrogen-bond donors (Lipinski definition) is 0. The average Bonchev–Trinajstić information content (AvgIpc) is 2.57. The third kappa shape index (κ3) is 1.72. The number of unbranched alkanes of at least 4 members (excludes halogenated alkanes) is 1. The zero-order valence-electron chi connectivity index (χ0n) is 8.22. The largest absolute Gasteiger partial charge is 0.207 e. The molecule has 1 aromatic carbocycles. The highest BCUT2D eigenvalue weighted by Gasteiger charge is 2.13. The van der Waals surface area contributed by atoms with Gasteiger partial charge in [0.1, 0.15) is 5.82 Å². The Morgan fingerprint density at radius 2 is 2.21 bits per heavy atom. The number of allylic oxidation sites excluding steroid dienone is 2. The third-order valence-corrected chi connectivity index (χ3v) is 2.68. The fourth-order valence-electron chi connectivity index (χ4n) is 1.92. The smallest absolute Gasteiger partial charge is 0.123 e. The summed E-state index contributed by atoms with van der Waals surface area (Å²) >= 11 is 0. The van der Waals surface area contributed by atoms with E-state index in [4.69, 9.17) is 0 Å². The fraction of sp³-hybridized carbons (Fsp3) is 0.308. The highest BCUT2D eigenvalue weighted by atomic mass is 19.1. The van der Waals surface area contributed by atoms with Gasteiger partial charge in [0.2, 0.25) is 0 Å². The van der Waals surface area contributed by atoms with Gasteiger partial charge < -0.3 is 0 Å². The summed E-state index contributed by atoms with van der Waals surface area (Å²) in [5, 5.41) is 0. The SMILES string of the molecule is [CH2]CCCC1=CCc2ccc(F)cc21. The van der Waals surface area contributed by atoms with E-state index in [2.05, 4.69) is 13.0 Å². The highest BCUT2D eigenvalue weighted by Crippen LogP contribution is 2.31. The standard InChI is InChI=1S/C13H14F/c1-2-3-4-10-5-6-11-7-8-12(14)9-13(10)11/h5,7-9H,1-4,6H2. The predicted molar refractivity (Wildman–Crippen MR) is 57.3 cm³/mol. The number of hydrogen-bond acceptors (Lipinski definition) is 0. The number of fused-ring (bicyclic) bond motifs is 1. The Bertz CT molecular complexity index is 363. The Morgan fingerprint density at radius 3 is 3.00 bits per heavy atom. The highest BCUT2D eigenvalue weighted by molar-refractivity contribution is 5.72. The van der Waals surface area contributed by atoms with Crippen LogP contribution >= 0.6 is 0 Å². The summed E-state index contributed by atoms with van der Waals surface area (Å²) in [4.78, 5) is 0. The molecule has 1 aliphatic carbocycles. The molecule has 0 fully saturated rings. The van der Waals surface area contributed by atoms with Crippen molar-refractivity contribution >= 4 is 5.57 Å². The first-order chi connectivity index (χ1) is 6.81. The van der Waals surface area contributed by atoms with Crippen molar-refractivity contribution < 1.29 is 4.39 Å². The lowest BCUT2D eigenvalue weighted by Gasteiger charge is -2.04. The molecule has 14 heavy (non-hydrogen) atoms. The van der Waals surface area contributed by atoms with Crippen LogP contribution in [-0.2, 0) is 6.42 Å². The Morgan fingerprint density at radius 1 is 1.36 bits per heavy atom. The van der Waals surface area contributed by atoms with E-state index < -0.39 is 0 Å². The van der Waals surface area contributed by atoms with Crippen LogP contribution in [0, 0.1) is 12.7 Å². The minimum absolute atomic E-state index is 0.133. The maximum atomic E-state index is 13.0. The van der Waals surface area contributed by atoms with Crippen molar-refractivity contribution in [2.45, 2.75) is 25.7 Å². The summed E-state index contributed by atoms with van der Waals surface area (Å²) in [7, 11) is 0. The fourth-order valence-corrected chi connectivity index (χ4v) is 1.92. The van der Waals surface area contributed by atoms with Gasteiger partial charge in [0.15, 0.2) is 0 Å². The van der Waals surface area contributed by atoms with Gasteiger partial charge in [0.05, 0.1) is 0 Å². The summed E-state index contributed by atoms with van der Waals surface area (Å²) < 4.78 is 13.0. The average molecular weight is 189 g/mol. The van der Waals surface area contributed by atoms with E-state index in [9.17, 15) is 4.39 Å². The minimum Gasteiger partial charge on any atom is -0.207 e.